The van der Waals surface area contributed by atoms with Crippen molar-refractivity contribution in [1.82, 2.24) is 4.81 Å². The van der Waals surface area contributed by atoms with Gasteiger partial charge in [-0.1, -0.05) is 6.42 Å². The fraction of sp³-hybridized carbons (Fsp3) is 1.00. The van der Waals surface area contributed by atoms with Crippen LogP contribution in [0.4, 0.5) is 4.39 Å². The molecular weight excluding hydrogens is 196 g/mol. The van der Waals surface area contributed by atoms with Gasteiger partial charge in [-0.3, -0.25) is 0 Å². The normalized spacial score (nSPS) is 46.6. The molecule has 2 saturated heterocycles. The van der Waals surface area contributed by atoms with E-state index in [-0.39, 0.29) is 11.6 Å². The molecule has 0 aliphatic carbocycles. The minimum Gasteiger partial charge on any atom is -0.437 e. The number of hydrogen-bond donors (Lipinski definition) is 2. The first kappa shape index (κ1) is 11.4. The molecule has 0 spiro atoms. The van der Waals surface area contributed by atoms with Crippen LogP contribution in [0.25, 0.3) is 0 Å². The summed E-state index contributed by atoms with van der Waals surface area (Å²) in [4.78, 5) is 1.86. The van der Waals surface area contributed by atoms with Crippen molar-refractivity contribution in [3.63, 3.8) is 0 Å². The fourth-order valence-electron chi connectivity index (χ4n) is 3.43. The molecule has 4 atom stereocenters. The number of alkyl halides is 1. The van der Waals surface area contributed by atoms with Crippen molar-refractivity contribution >= 4 is 7.05 Å². The molecule has 0 amide bonds. The molecule has 0 radical (unpaired) electrons. The molecule has 5 heteroatoms. The molecule has 15 heavy (non-hydrogen) atoms. The van der Waals surface area contributed by atoms with E-state index in [1.54, 1.807) is 6.82 Å². The Morgan fingerprint density at radius 2 is 2.20 bits per heavy atom. The Balaban J connectivity index is 2.29. The van der Waals surface area contributed by atoms with Crippen molar-refractivity contribution in [2.45, 2.75) is 63.3 Å². The Labute approximate surface area is 90.4 Å². The standard InChI is InChI=1S/C10H19BFNO2/c1-10-5-3-4-7(13(10)11(2)15)9(12)8(14)6-10/h7-9,14-15H,3-6H2,1-2H3/t7-,8+,9-,10+/m1/s1. The van der Waals surface area contributed by atoms with Gasteiger partial charge in [-0.05, 0) is 33.0 Å². The summed E-state index contributed by atoms with van der Waals surface area (Å²) in [7, 11) is -0.633. The maximum atomic E-state index is 13.8. The van der Waals surface area contributed by atoms with Gasteiger partial charge in [0.15, 0.2) is 0 Å². The minimum absolute atomic E-state index is 0.237. The molecule has 2 heterocycles. The lowest BCUT2D eigenvalue weighted by molar-refractivity contribution is -0.0919. The lowest BCUT2D eigenvalue weighted by Gasteiger charge is -2.56. The zero-order chi connectivity index (χ0) is 11.2. The molecule has 0 unspecified atom stereocenters. The van der Waals surface area contributed by atoms with E-state index in [9.17, 15) is 14.5 Å². The predicted molar refractivity (Wildman–Crippen MR) is 57.2 cm³/mol. The first-order valence-electron chi connectivity index (χ1n) is 5.74. The summed E-state index contributed by atoms with van der Waals surface area (Å²) in [5.41, 5.74) is -0.237. The van der Waals surface area contributed by atoms with Crippen LogP contribution < -0.4 is 0 Å². The topological polar surface area (TPSA) is 43.7 Å². The second-order valence-electron chi connectivity index (χ2n) is 5.21. The molecule has 2 N–H and O–H groups in total. The Bertz CT molecular complexity index is 254. The van der Waals surface area contributed by atoms with Crippen molar-refractivity contribution in [3.8, 4) is 0 Å². The third-order valence-electron chi connectivity index (χ3n) is 3.98. The molecule has 2 rings (SSSR count). The molecular formula is C10H19BFNO2. The van der Waals surface area contributed by atoms with Crippen molar-refractivity contribution in [3.05, 3.63) is 0 Å². The third-order valence-corrected chi connectivity index (χ3v) is 3.98. The molecule has 0 aromatic carbocycles. The van der Waals surface area contributed by atoms with Gasteiger partial charge in [-0.2, -0.15) is 0 Å². The van der Waals surface area contributed by atoms with Crippen molar-refractivity contribution in [2.24, 2.45) is 0 Å². The number of hydrogen-bond acceptors (Lipinski definition) is 3. The summed E-state index contributed by atoms with van der Waals surface area (Å²) >= 11 is 0. The second-order valence-corrected chi connectivity index (χ2v) is 5.21. The number of aliphatic hydroxyl groups excluding tert-OH is 1. The number of nitrogens with zero attached hydrogens (tertiary/aromatic N) is 1. The lowest BCUT2D eigenvalue weighted by atomic mass is 9.65. The van der Waals surface area contributed by atoms with Gasteiger partial charge < -0.3 is 14.9 Å². The third kappa shape index (κ3) is 1.71. The summed E-state index contributed by atoms with van der Waals surface area (Å²) in [5, 5.41) is 19.4. The van der Waals surface area contributed by atoms with E-state index in [0.29, 0.717) is 6.42 Å². The van der Waals surface area contributed by atoms with Gasteiger partial charge >= 0.3 is 7.05 Å². The summed E-state index contributed by atoms with van der Waals surface area (Å²) in [5.74, 6) is 0. The average Bonchev–Trinajstić information content (AvgIpc) is 2.13. The van der Waals surface area contributed by atoms with Gasteiger partial charge in [-0.15, -0.1) is 0 Å². The number of fused-ring (bicyclic) bond motifs is 2. The maximum Gasteiger partial charge on any atom is 0.377 e. The Kier molecular flexibility index (Phi) is 2.82. The molecule has 86 valence electrons. The van der Waals surface area contributed by atoms with Crippen molar-refractivity contribution in [1.29, 1.82) is 0 Å². The highest BCUT2D eigenvalue weighted by Gasteiger charge is 2.53. The van der Waals surface area contributed by atoms with Crippen LogP contribution in [-0.4, -0.2) is 45.8 Å². The Hall–Kier alpha value is -0.125. The first-order valence-corrected chi connectivity index (χ1v) is 5.74. The molecule has 2 aliphatic rings. The second kappa shape index (κ2) is 3.72. The summed E-state index contributed by atoms with van der Waals surface area (Å²) < 4.78 is 13.8. The average molecular weight is 215 g/mol. The summed E-state index contributed by atoms with van der Waals surface area (Å²) in [6.45, 7) is 3.70. The molecule has 2 aliphatic heterocycles. The highest BCUT2D eigenvalue weighted by molar-refractivity contribution is 6.45. The van der Waals surface area contributed by atoms with Gasteiger partial charge in [0, 0.05) is 11.6 Å². The highest BCUT2D eigenvalue weighted by atomic mass is 19.1. The Morgan fingerprint density at radius 3 is 2.80 bits per heavy atom. The van der Waals surface area contributed by atoms with Gasteiger partial charge in [-0.25, -0.2) is 4.39 Å². The monoisotopic (exact) mass is 215 g/mol. The molecule has 0 saturated carbocycles. The minimum atomic E-state index is -1.21. The van der Waals surface area contributed by atoms with Crippen LogP contribution in [0, 0.1) is 0 Å². The van der Waals surface area contributed by atoms with Crippen LogP contribution in [0.5, 0.6) is 0 Å². The quantitative estimate of drug-likeness (QED) is 0.636. The van der Waals surface area contributed by atoms with Crippen molar-refractivity contribution < 1.29 is 14.5 Å². The van der Waals surface area contributed by atoms with Crippen LogP contribution in [0.3, 0.4) is 0 Å². The number of piperidine rings is 2. The zero-order valence-corrected chi connectivity index (χ0v) is 9.36. The zero-order valence-electron chi connectivity index (χ0n) is 9.36. The van der Waals surface area contributed by atoms with E-state index in [0.717, 1.165) is 19.3 Å². The van der Waals surface area contributed by atoms with Crippen molar-refractivity contribution in [2.75, 3.05) is 0 Å². The molecule has 3 nitrogen and oxygen atoms in total. The SMILES string of the molecule is CB(O)N1[C@@H]2CCC[C@@]1(C)C[C@H](O)[C@@H]2F. The van der Waals surface area contributed by atoms with E-state index in [2.05, 4.69) is 0 Å². The summed E-state index contributed by atoms with van der Waals surface area (Å²) in [6.07, 6.45) is 0.993. The van der Waals surface area contributed by atoms with Gasteiger partial charge in [0.1, 0.15) is 6.17 Å². The van der Waals surface area contributed by atoms with Gasteiger partial charge in [0.05, 0.1) is 6.10 Å². The van der Waals surface area contributed by atoms with E-state index in [4.69, 9.17) is 0 Å². The lowest BCUT2D eigenvalue weighted by Crippen LogP contribution is -2.69. The van der Waals surface area contributed by atoms with Crippen LogP contribution in [0.1, 0.15) is 32.6 Å². The van der Waals surface area contributed by atoms with Crippen LogP contribution in [-0.2, 0) is 0 Å². The van der Waals surface area contributed by atoms with Crippen LogP contribution in [0.15, 0.2) is 0 Å². The largest absolute Gasteiger partial charge is 0.437 e. The predicted octanol–water partition coefficient (Wildman–Crippen LogP) is 0.813. The number of aliphatic hydroxyl groups is 1. The first-order chi connectivity index (χ1) is 6.96. The molecule has 0 aromatic rings. The highest BCUT2D eigenvalue weighted by Crippen LogP contribution is 2.43. The van der Waals surface area contributed by atoms with E-state index >= 15 is 0 Å². The van der Waals surface area contributed by atoms with Gasteiger partial charge in [0.2, 0.25) is 0 Å². The molecule has 0 aromatic heterocycles. The smallest absolute Gasteiger partial charge is 0.377 e. The summed E-state index contributed by atoms with van der Waals surface area (Å²) in [6, 6.07) is -0.313. The van der Waals surface area contributed by atoms with E-state index in [1.165, 1.54) is 0 Å². The van der Waals surface area contributed by atoms with Crippen LogP contribution in [0.2, 0.25) is 6.82 Å². The van der Waals surface area contributed by atoms with E-state index < -0.39 is 19.3 Å². The molecule has 2 bridgehead atoms. The number of rotatable bonds is 1. The Morgan fingerprint density at radius 1 is 1.53 bits per heavy atom. The maximum absolute atomic E-state index is 13.8. The van der Waals surface area contributed by atoms with Gasteiger partial charge in [0.25, 0.3) is 0 Å². The number of halogens is 1. The van der Waals surface area contributed by atoms with Crippen LogP contribution >= 0.6 is 0 Å². The fourth-order valence-corrected chi connectivity index (χ4v) is 3.43. The van der Waals surface area contributed by atoms with E-state index in [1.807, 2.05) is 11.7 Å². The molecule has 2 fully saturated rings.